The molecule has 1 saturated heterocycles. The Balaban J connectivity index is 2.43. The van der Waals surface area contributed by atoms with E-state index in [4.69, 9.17) is 5.11 Å². The van der Waals surface area contributed by atoms with E-state index in [1.54, 1.807) is 4.90 Å². The number of piperidine rings is 1. The van der Waals surface area contributed by atoms with Gasteiger partial charge in [0.25, 0.3) is 0 Å². The highest BCUT2D eigenvalue weighted by atomic mass is 16.4. The first-order valence-corrected chi connectivity index (χ1v) is 6.28. The molecule has 17 heavy (non-hydrogen) atoms. The molecule has 1 aliphatic heterocycles. The van der Waals surface area contributed by atoms with Crippen LogP contribution in [0.15, 0.2) is 0 Å². The summed E-state index contributed by atoms with van der Waals surface area (Å²) in [6.45, 7) is 5.88. The van der Waals surface area contributed by atoms with Gasteiger partial charge in [-0.1, -0.05) is 6.92 Å². The maximum atomic E-state index is 11.9. The largest absolute Gasteiger partial charge is 0.481 e. The number of rotatable bonds is 5. The first kappa shape index (κ1) is 14.0. The summed E-state index contributed by atoms with van der Waals surface area (Å²) in [6, 6.07) is 0.151. The Morgan fingerprint density at radius 1 is 1.53 bits per heavy atom. The molecule has 0 radical (unpaired) electrons. The number of nitrogens with zero attached hydrogens (tertiary/aromatic N) is 1. The molecule has 1 heterocycles. The number of amides is 1. The lowest BCUT2D eigenvalue weighted by molar-refractivity contribution is -0.145. The maximum Gasteiger partial charge on any atom is 0.308 e. The summed E-state index contributed by atoms with van der Waals surface area (Å²) in [6.07, 6.45) is 1.92. The smallest absolute Gasteiger partial charge is 0.308 e. The minimum atomic E-state index is -0.790. The fourth-order valence-electron chi connectivity index (χ4n) is 2.22. The number of carboxylic acids is 1. The number of hydrogen-bond donors (Lipinski definition) is 2. The zero-order valence-electron chi connectivity index (χ0n) is 10.6. The second kappa shape index (κ2) is 6.59. The van der Waals surface area contributed by atoms with Crippen molar-refractivity contribution in [3.8, 4) is 0 Å². The van der Waals surface area contributed by atoms with Crippen molar-refractivity contribution in [1.82, 2.24) is 10.2 Å². The molecule has 0 aromatic rings. The van der Waals surface area contributed by atoms with Crippen LogP contribution >= 0.6 is 0 Å². The van der Waals surface area contributed by atoms with Gasteiger partial charge in [-0.25, -0.2) is 0 Å². The van der Waals surface area contributed by atoms with Crippen molar-refractivity contribution in [3.05, 3.63) is 0 Å². The standard InChI is InChI=1S/C12H22N2O3/c1-3-13-9(2)7-11(15)14-6-4-5-10(8-14)12(16)17/h9-10,13H,3-8H2,1-2H3,(H,16,17)/t9?,10-/m1/s1. The van der Waals surface area contributed by atoms with E-state index in [2.05, 4.69) is 5.32 Å². The predicted octanol–water partition coefficient (Wildman–Crippen LogP) is 0.698. The van der Waals surface area contributed by atoms with Crippen molar-refractivity contribution in [2.75, 3.05) is 19.6 Å². The Morgan fingerprint density at radius 2 is 2.24 bits per heavy atom. The molecule has 5 heteroatoms. The normalized spacial score (nSPS) is 22.2. The van der Waals surface area contributed by atoms with Crippen LogP contribution in [0.25, 0.3) is 0 Å². The third kappa shape index (κ3) is 4.34. The van der Waals surface area contributed by atoms with Crippen molar-refractivity contribution in [2.45, 2.75) is 39.2 Å². The molecule has 0 aromatic carbocycles. The van der Waals surface area contributed by atoms with Gasteiger partial charge < -0.3 is 15.3 Å². The summed E-state index contributed by atoms with van der Waals surface area (Å²) < 4.78 is 0. The van der Waals surface area contributed by atoms with Gasteiger partial charge in [0.05, 0.1) is 5.92 Å². The average Bonchev–Trinajstić information content (AvgIpc) is 2.29. The molecule has 1 unspecified atom stereocenters. The fraction of sp³-hybridized carbons (Fsp3) is 0.833. The van der Waals surface area contributed by atoms with E-state index in [0.29, 0.717) is 25.9 Å². The van der Waals surface area contributed by atoms with E-state index in [1.807, 2.05) is 13.8 Å². The summed E-state index contributed by atoms with van der Waals surface area (Å²) in [5, 5.41) is 12.1. The SMILES string of the molecule is CCNC(C)CC(=O)N1CCC[C@@H](C(=O)O)C1. The topological polar surface area (TPSA) is 69.6 Å². The highest BCUT2D eigenvalue weighted by Crippen LogP contribution is 2.17. The summed E-state index contributed by atoms with van der Waals surface area (Å²) in [4.78, 5) is 24.5. The number of nitrogens with one attached hydrogen (secondary N) is 1. The zero-order chi connectivity index (χ0) is 12.8. The Bertz CT molecular complexity index is 281. The molecule has 5 nitrogen and oxygen atoms in total. The molecule has 2 N–H and O–H groups in total. The monoisotopic (exact) mass is 242 g/mol. The van der Waals surface area contributed by atoms with Crippen LogP contribution in [0.2, 0.25) is 0 Å². The van der Waals surface area contributed by atoms with E-state index in [0.717, 1.165) is 13.0 Å². The van der Waals surface area contributed by atoms with E-state index in [9.17, 15) is 9.59 Å². The first-order valence-electron chi connectivity index (χ1n) is 6.28. The minimum Gasteiger partial charge on any atom is -0.481 e. The van der Waals surface area contributed by atoms with Crippen LogP contribution < -0.4 is 5.32 Å². The molecular formula is C12H22N2O3. The summed E-state index contributed by atoms with van der Waals surface area (Å²) in [7, 11) is 0. The van der Waals surface area contributed by atoms with Crippen molar-refractivity contribution < 1.29 is 14.7 Å². The molecular weight excluding hydrogens is 220 g/mol. The van der Waals surface area contributed by atoms with Gasteiger partial charge in [0.2, 0.25) is 5.91 Å². The van der Waals surface area contributed by atoms with Gasteiger partial charge in [-0.05, 0) is 26.3 Å². The molecule has 1 rings (SSSR count). The average molecular weight is 242 g/mol. The minimum absolute atomic E-state index is 0.0596. The molecule has 0 aromatic heterocycles. The summed E-state index contributed by atoms with van der Waals surface area (Å²) in [5.41, 5.74) is 0. The van der Waals surface area contributed by atoms with Crippen molar-refractivity contribution in [1.29, 1.82) is 0 Å². The molecule has 0 bridgehead atoms. The van der Waals surface area contributed by atoms with Crippen LogP contribution in [0.5, 0.6) is 0 Å². The zero-order valence-corrected chi connectivity index (χ0v) is 10.6. The first-order chi connectivity index (χ1) is 8.04. The second-order valence-corrected chi connectivity index (χ2v) is 4.68. The van der Waals surface area contributed by atoms with Gasteiger partial charge in [0.15, 0.2) is 0 Å². The van der Waals surface area contributed by atoms with Crippen LogP contribution in [0.1, 0.15) is 33.1 Å². The van der Waals surface area contributed by atoms with E-state index < -0.39 is 5.97 Å². The number of likely N-dealkylation sites (tertiary alicyclic amines) is 1. The van der Waals surface area contributed by atoms with Gasteiger partial charge in [-0.3, -0.25) is 9.59 Å². The third-order valence-corrected chi connectivity index (χ3v) is 3.16. The Kier molecular flexibility index (Phi) is 5.41. The molecule has 0 spiro atoms. The number of carbonyl (C=O) groups excluding carboxylic acids is 1. The molecule has 2 atom stereocenters. The highest BCUT2D eigenvalue weighted by molar-refractivity contribution is 5.78. The van der Waals surface area contributed by atoms with Crippen LogP contribution in [0.3, 0.4) is 0 Å². The lowest BCUT2D eigenvalue weighted by atomic mass is 9.98. The predicted molar refractivity (Wildman–Crippen MR) is 64.7 cm³/mol. The van der Waals surface area contributed by atoms with Gasteiger partial charge in [-0.2, -0.15) is 0 Å². The number of carbonyl (C=O) groups is 2. The quantitative estimate of drug-likeness (QED) is 0.744. The summed E-state index contributed by atoms with van der Waals surface area (Å²) in [5.74, 6) is -1.12. The van der Waals surface area contributed by atoms with E-state index in [-0.39, 0.29) is 17.9 Å². The molecule has 1 amide bonds. The lowest BCUT2D eigenvalue weighted by Gasteiger charge is -2.31. The van der Waals surface area contributed by atoms with Crippen molar-refractivity contribution in [3.63, 3.8) is 0 Å². The molecule has 1 fully saturated rings. The highest BCUT2D eigenvalue weighted by Gasteiger charge is 2.28. The van der Waals surface area contributed by atoms with Crippen LogP contribution in [-0.2, 0) is 9.59 Å². The Morgan fingerprint density at radius 3 is 2.82 bits per heavy atom. The van der Waals surface area contributed by atoms with Crippen LogP contribution in [0.4, 0.5) is 0 Å². The number of hydrogen-bond acceptors (Lipinski definition) is 3. The molecule has 0 saturated carbocycles. The molecule has 98 valence electrons. The third-order valence-electron chi connectivity index (χ3n) is 3.16. The lowest BCUT2D eigenvalue weighted by Crippen LogP contribution is -2.44. The van der Waals surface area contributed by atoms with Crippen LogP contribution in [0, 0.1) is 5.92 Å². The Hall–Kier alpha value is -1.10. The van der Waals surface area contributed by atoms with Crippen LogP contribution in [-0.4, -0.2) is 47.6 Å². The number of aliphatic carboxylic acids is 1. The van der Waals surface area contributed by atoms with Gasteiger partial charge in [-0.15, -0.1) is 0 Å². The summed E-state index contributed by atoms with van der Waals surface area (Å²) >= 11 is 0. The fourth-order valence-corrected chi connectivity index (χ4v) is 2.22. The van der Waals surface area contributed by atoms with Crippen molar-refractivity contribution >= 4 is 11.9 Å². The van der Waals surface area contributed by atoms with E-state index in [1.165, 1.54) is 0 Å². The van der Waals surface area contributed by atoms with E-state index >= 15 is 0 Å². The number of carboxylic acid groups (broad SMARTS) is 1. The maximum absolute atomic E-state index is 11.9. The second-order valence-electron chi connectivity index (χ2n) is 4.68. The molecule has 1 aliphatic rings. The molecule has 0 aliphatic carbocycles. The van der Waals surface area contributed by atoms with Gasteiger partial charge >= 0.3 is 5.97 Å². The van der Waals surface area contributed by atoms with Crippen molar-refractivity contribution in [2.24, 2.45) is 5.92 Å². The van der Waals surface area contributed by atoms with Gasteiger partial charge in [0.1, 0.15) is 0 Å². The van der Waals surface area contributed by atoms with Gasteiger partial charge in [0, 0.05) is 25.6 Å². The Labute approximate surface area is 102 Å².